The van der Waals surface area contributed by atoms with E-state index in [0.29, 0.717) is 31.2 Å². The summed E-state index contributed by atoms with van der Waals surface area (Å²) in [6.07, 6.45) is -2.75. The molecule has 2 aromatic carbocycles. The quantitative estimate of drug-likeness (QED) is 0.740. The van der Waals surface area contributed by atoms with Crippen molar-refractivity contribution in [1.82, 2.24) is 4.72 Å². The largest absolute Gasteiger partial charge is 0.417 e. The Morgan fingerprint density at radius 3 is 2.11 bits per heavy atom. The summed E-state index contributed by atoms with van der Waals surface area (Å²) in [6.45, 7) is 0. The molecule has 4 nitrogen and oxygen atoms in total. The predicted molar refractivity (Wildman–Crippen MR) is 100 cm³/mol. The van der Waals surface area contributed by atoms with Crippen LogP contribution in [0.25, 0.3) is 11.1 Å². The van der Waals surface area contributed by atoms with E-state index in [0.717, 1.165) is 6.07 Å². The third-order valence-electron chi connectivity index (χ3n) is 4.79. The minimum atomic E-state index is -4.58. The summed E-state index contributed by atoms with van der Waals surface area (Å²) in [5, 5.41) is 9.12. The molecule has 9 heteroatoms. The van der Waals surface area contributed by atoms with Gasteiger partial charge in [-0.15, -0.1) is 0 Å². The first kappa shape index (κ1) is 21.1. The summed E-state index contributed by atoms with van der Waals surface area (Å²) in [6, 6.07) is 8.96. The van der Waals surface area contributed by atoms with E-state index in [1.807, 2.05) is 0 Å². The monoisotopic (exact) mass is 433 g/mol. The van der Waals surface area contributed by atoms with Gasteiger partial charge >= 0.3 is 6.18 Å². The van der Waals surface area contributed by atoms with Gasteiger partial charge in [-0.25, -0.2) is 13.1 Å². The van der Waals surface area contributed by atoms with E-state index in [-0.39, 0.29) is 22.6 Å². The van der Waals surface area contributed by atoms with Crippen LogP contribution in [0.4, 0.5) is 13.2 Å². The Balaban J connectivity index is 1.80. The average molecular weight is 434 g/mol. The van der Waals surface area contributed by atoms with E-state index in [1.54, 1.807) is 0 Å². The third kappa shape index (κ3) is 4.86. The minimum absolute atomic E-state index is 0.0346. The van der Waals surface area contributed by atoms with E-state index in [1.165, 1.54) is 36.4 Å². The fraction of sp³-hybridized carbons (Fsp3) is 0.368. The zero-order valence-electron chi connectivity index (χ0n) is 14.7. The van der Waals surface area contributed by atoms with Crippen molar-refractivity contribution in [3.05, 3.63) is 53.1 Å². The lowest BCUT2D eigenvalue weighted by molar-refractivity contribution is -0.137. The average Bonchev–Trinajstić information content (AvgIpc) is 2.63. The van der Waals surface area contributed by atoms with Crippen LogP contribution < -0.4 is 4.72 Å². The summed E-state index contributed by atoms with van der Waals surface area (Å²) in [5.74, 6) is 0. The Labute approximate surface area is 166 Å². The second-order valence-corrected chi connectivity index (χ2v) is 8.96. The molecule has 1 aliphatic rings. The van der Waals surface area contributed by atoms with Gasteiger partial charge in [0.15, 0.2) is 0 Å². The number of aliphatic hydroxyl groups excluding tert-OH is 1. The molecule has 0 spiro atoms. The molecule has 0 aliphatic heterocycles. The Kier molecular flexibility index (Phi) is 6.05. The molecule has 28 heavy (non-hydrogen) atoms. The highest BCUT2D eigenvalue weighted by Gasteiger charge is 2.33. The van der Waals surface area contributed by atoms with Gasteiger partial charge in [-0.3, -0.25) is 0 Å². The molecular formula is C19H19ClF3NO3S. The van der Waals surface area contributed by atoms with Crippen LogP contribution in [0.1, 0.15) is 31.2 Å². The number of hydrogen-bond donors (Lipinski definition) is 2. The molecule has 0 amide bonds. The molecule has 3 rings (SSSR count). The normalized spacial score (nSPS) is 20.9. The first-order chi connectivity index (χ1) is 13.1. The van der Waals surface area contributed by atoms with Crippen molar-refractivity contribution in [1.29, 1.82) is 0 Å². The van der Waals surface area contributed by atoms with Gasteiger partial charge in [0.2, 0.25) is 10.0 Å². The molecule has 1 aliphatic carbocycles. The summed E-state index contributed by atoms with van der Waals surface area (Å²) in [5.41, 5.74) is -0.207. The van der Waals surface area contributed by atoms with Gasteiger partial charge < -0.3 is 5.11 Å². The van der Waals surface area contributed by atoms with Gasteiger partial charge in [-0.2, -0.15) is 13.2 Å². The minimum Gasteiger partial charge on any atom is -0.393 e. The molecule has 0 aromatic heterocycles. The second-order valence-electron chi connectivity index (χ2n) is 6.84. The standard InChI is InChI=1S/C19H19ClF3NO3S/c20-18-10-3-13(11-17(18)19(21,22)23)12-1-8-16(9-2-12)28(26,27)24-14-4-6-15(25)7-5-14/h1-3,8-11,14-15,24-25H,4-7H2/t14-,15-. The van der Waals surface area contributed by atoms with E-state index in [4.69, 9.17) is 11.6 Å². The molecule has 0 heterocycles. The number of sulfonamides is 1. The van der Waals surface area contributed by atoms with Crippen molar-refractivity contribution in [3.63, 3.8) is 0 Å². The number of nitrogens with one attached hydrogen (secondary N) is 1. The van der Waals surface area contributed by atoms with E-state index >= 15 is 0 Å². The van der Waals surface area contributed by atoms with Crippen molar-refractivity contribution in [2.75, 3.05) is 0 Å². The lowest BCUT2D eigenvalue weighted by atomic mass is 9.94. The second kappa shape index (κ2) is 8.02. The molecule has 1 saturated carbocycles. The van der Waals surface area contributed by atoms with Crippen molar-refractivity contribution in [3.8, 4) is 11.1 Å². The van der Waals surface area contributed by atoms with Crippen LogP contribution >= 0.6 is 11.6 Å². The van der Waals surface area contributed by atoms with Crippen LogP contribution in [-0.2, 0) is 16.2 Å². The van der Waals surface area contributed by atoms with Crippen LogP contribution in [0, 0.1) is 0 Å². The Bertz CT molecular complexity index is 938. The maximum Gasteiger partial charge on any atom is 0.417 e. The molecular weight excluding hydrogens is 415 g/mol. The van der Waals surface area contributed by atoms with E-state index in [9.17, 15) is 26.7 Å². The summed E-state index contributed by atoms with van der Waals surface area (Å²) >= 11 is 5.63. The topological polar surface area (TPSA) is 66.4 Å². The fourth-order valence-corrected chi connectivity index (χ4v) is 4.76. The van der Waals surface area contributed by atoms with Gasteiger partial charge in [0.1, 0.15) is 0 Å². The van der Waals surface area contributed by atoms with Crippen LogP contribution in [-0.4, -0.2) is 25.7 Å². The van der Waals surface area contributed by atoms with Crippen LogP contribution in [0.3, 0.4) is 0 Å². The molecule has 1 fully saturated rings. The molecule has 0 saturated heterocycles. The van der Waals surface area contributed by atoms with Gasteiger partial charge in [-0.1, -0.05) is 29.8 Å². The summed E-state index contributed by atoms with van der Waals surface area (Å²) in [4.78, 5) is 0.0346. The van der Waals surface area contributed by atoms with Crippen molar-refractivity contribution in [2.24, 2.45) is 0 Å². The van der Waals surface area contributed by atoms with E-state index in [2.05, 4.69) is 4.72 Å². The molecule has 0 unspecified atom stereocenters. The number of aliphatic hydroxyl groups is 1. The van der Waals surface area contributed by atoms with E-state index < -0.39 is 26.8 Å². The smallest absolute Gasteiger partial charge is 0.393 e. The Morgan fingerprint density at radius 2 is 1.54 bits per heavy atom. The SMILES string of the molecule is O=S(=O)(N[C@H]1CC[C@H](O)CC1)c1ccc(-c2ccc(Cl)c(C(F)(F)F)c2)cc1. The van der Waals surface area contributed by atoms with Gasteiger partial charge in [-0.05, 0) is 61.1 Å². The maximum absolute atomic E-state index is 13.0. The number of halogens is 4. The molecule has 0 bridgehead atoms. The Morgan fingerprint density at radius 1 is 0.964 bits per heavy atom. The number of benzene rings is 2. The number of hydrogen-bond acceptors (Lipinski definition) is 3. The lowest BCUT2D eigenvalue weighted by Gasteiger charge is -2.26. The predicted octanol–water partition coefficient (Wildman–Crippen LogP) is 4.61. The first-order valence-electron chi connectivity index (χ1n) is 8.74. The zero-order valence-corrected chi connectivity index (χ0v) is 16.3. The van der Waals surface area contributed by atoms with Crippen molar-refractivity contribution >= 4 is 21.6 Å². The Hall–Kier alpha value is -1.61. The summed E-state index contributed by atoms with van der Waals surface area (Å²) < 4.78 is 66.7. The van der Waals surface area contributed by atoms with Crippen LogP contribution in [0.5, 0.6) is 0 Å². The highest BCUT2D eigenvalue weighted by Crippen LogP contribution is 2.37. The molecule has 2 aromatic rings. The van der Waals surface area contributed by atoms with Crippen molar-refractivity contribution < 1.29 is 26.7 Å². The zero-order chi connectivity index (χ0) is 20.5. The molecule has 0 radical (unpaired) electrons. The molecule has 2 N–H and O–H groups in total. The van der Waals surface area contributed by atoms with Gasteiger partial charge in [0, 0.05) is 6.04 Å². The van der Waals surface area contributed by atoms with Crippen LogP contribution in [0.2, 0.25) is 5.02 Å². The van der Waals surface area contributed by atoms with Gasteiger partial charge in [0.25, 0.3) is 0 Å². The summed E-state index contributed by atoms with van der Waals surface area (Å²) in [7, 11) is -3.75. The first-order valence-corrected chi connectivity index (χ1v) is 10.6. The number of alkyl halides is 3. The highest BCUT2D eigenvalue weighted by atomic mass is 35.5. The third-order valence-corrected chi connectivity index (χ3v) is 6.65. The maximum atomic E-state index is 13.0. The molecule has 0 atom stereocenters. The van der Waals surface area contributed by atoms with Crippen LogP contribution in [0.15, 0.2) is 47.4 Å². The number of rotatable bonds is 4. The lowest BCUT2D eigenvalue weighted by Crippen LogP contribution is -2.38. The highest BCUT2D eigenvalue weighted by molar-refractivity contribution is 7.89. The van der Waals surface area contributed by atoms with Gasteiger partial charge in [0.05, 0.1) is 21.6 Å². The van der Waals surface area contributed by atoms with Crippen molar-refractivity contribution in [2.45, 2.75) is 48.9 Å². The fourth-order valence-electron chi connectivity index (χ4n) is 3.23. The molecule has 152 valence electrons.